The number of amides is 3. The molecular formula is C28H25N3O3. The van der Waals surface area contributed by atoms with E-state index in [9.17, 15) is 14.4 Å². The monoisotopic (exact) mass is 451 g/mol. The number of fused-ring (bicyclic) bond motifs is 1. The van der Waals surface area contributed by atoms with Gasteiger partial charge in [-0.1, -0.05) is 49.4 Å². The Morgan fingerprint density at radius 2 is 1.62 bits per heavy atom. The molecule has 0 aliphatic carbocycles. The Balaban J connectivity index is 1.62. The number of imide groups is 1. The molecule has 0 bridgehead atoms. The highest BCUT2D eigenvalue weighted by molar-refractivity contribution is 6.46. The number of hydrogen-bond donors (Lipinski definition) is 1. The van der Waals surface area contributed by atoms with Gasteiger partial charge in [0.2, 0.25) is 5.91 Å². The average molecular weight is 452 g/mol. The van der Waals surface area contributed by atoms with Gasteiger partial charge in [-0.05, 0) is 59.9 Å². The van der Waals surface area contributed by atoms with Gasteiger partial charge in [0.25, 0.3) is 11.8 Å². The summed E-state index contributed by atoms with van der Waals surface area (Å²) < 4.78 is 0. The number of nitrogens with zero attached hydrogens (tertiary/aromatic N) is 2. The van der Waals surface area contributed by atoms with E-state index in [0.29, 0.717) is 34.8 Å². The summed E-state index contributed by atoms with van der Waals surface area (Å²) in [6.07, 6.45) is 1.68. The predicted octanol–water partition coefficient (Wildman–Crippen LogP) is 4.55. The third-order valence-electron chi connectivity index (χ3n) is 6.31. The number of rotatable bonds is 5. The SMILES string of the molecule is CCc1ccc(N2C(=O)C(c3ccc(NC(C)=O)cc3)=C(N3CCc4ccccc43)C2=O)cc1. The van der Waals surface area contributed by atoms with Gasteiger partial charge in [-0.25, -0.2) is 4.90 Å². The molecular weight excluding hydrogens is 426 g/mol. The summed E-state index contributed by atoms with van der Waals surface area (Å²) in [4.78, 5) is 42.2. The molecule has 170 valence electrons. The normalized spacial score (nSPS) is 15.2. The van der Waals surface area contributed by atoms with E-state index >= 15 is 0 Å². The molecule has 5 rings (SSSR count). The van der Waals surface area contributed by atoms with E-state index in [4.69, 9.17) is 0 Å². The molecule has 0 saturated heterocycles. The van der Waals surface area contributed by atoms with E-state index < -0.39 is 0 Å². The van der Waals surface area contributed by atoms with Crippen LogP contribution in [-0.4, -0.2) is 24.3 Å². The van der Waals surface area contributed by atoms with Crippen LogP contribution in [0.25, 0.3) is 5.57 Å². The summed E-state index contributed by atoms with van der Waals surface area (Å²) in [5, 5.41) is 2.74. The lowest BCUT2D eigenvalue weighted by atomic mass is 10.0. The molecule has 3 amide bonds. The first-order valence-corrected chi connectivity index (χ1v) is 11.4. The van der Waals surface area contributed by atoms with Gasteiger partial charge < -0.3 is 10.2 Å². The number of benzene rings is 3. The Hall–Kier alpha value is -4.19. The van der Waals surface area contributed by atoms with Gasteiger partial charge in [0, 0.05) is 24.8 Å². The maximum absolute atomic E-state index is 13.8. The molecule has 2 heterocycles. The van der Waals surface area contributed by atoms with Crippen molar-refractivity contribution in [3.8, 4) is 0 Å². The van der Waals surface area contributed by atoms with Crippen LogP contribution >= 0.6 is 0 Å². The molecule has 0 unspecified atom stereocenters. The number of para-hydroxylation sites is 1. The second-order valence-electron chi connectivity index (χ2n) is 8.48. The lowest BCUT2D eigenvalue weighted by Gasteiger charge is -2.22. The highest BCUT2D eigenvalue weighted by Crippen LogP contribution is 2.40. The van der Waals surface area contributed by atoms with E-state index in [1.807, 2.05) is 47.4 Å². The molecule has 1 N–H and O–H groups in total. The van der Waals surface area contributed by atoms with Crippen LogP contribution in [0.1, 0.15) is 30.5 Å². The zero-order valence-electron chi connectivity index (χ0n) is 19.2. The standard InChI is InChI=1S/C28H25N3O3/c1-3-19-8-14-23(15-9-19)31-27(33)25(21-10-12-22(13-11-21)29-18(2)32)26(28(31)34)30-17-16-20-6-4-5-7-24(20)30/h4-15H,3,16-17H2,1-2H3,(H,29,32). The van der Waals surface area contributed by atoms with Gasteiger partial charge in [0.1, 0.15) is 5.70 Å². The summed E-state index contributed by atoms with van der Waals surface area (Å²) >= 11 is 0. The topological polar surface area (TPSA) is 69.7 Å². The van der Waals surface area contributed by atoms with Crippen LogP contribution in [0, 0.1) is 0 Å². The van der Waals surface area contributed by atoms with Gasteiger partial charge in [-0.2, -0.15) is 0 Å². The van der Waals surface area contributed by atoms with E-state index in [1.54, 1.807) is 24.3 Å². The summed E-state index contributed by atoms with van der Waals surface area (Å²) in [6, 6.07) is 22.6. The van der Waals surface area contributed by atoms with Crippen LogP contribution in [0.2, 0.25) is 0 Å². The minimum absolute atomic E-state index is 0.171. The zero-order chi connectivity index (χ0) is 23.8. The fraction of sp³-hybridized carbons (Fsp3) is 0.179. The Morgan fingerprint density at radius 1 is 0.912 bits per heavy atom. The Labute approximate surface area is 198 Å². The number of nitrogens with one attached hydrogen (secondary N) is 1. The van der Waals surface area contributed by atoms with E-state index in [-0.39, 0.29) is 17.7 Å². The van der Waals surface area contributed by atoms with Gasteiger partial charge in [0.15, 0.2) is 0 Å². The van der Waals surface area contributed by atoms with Crippen molar-refractivity contribution in [3.63, 3.8) is 0 Å². The number of carbonyl (C=O) groups excluding carboxylic acids is 3. The van der Waals surface area contributed by atoms with Crippen LogP contribution in [0.15, 0.2) is 78.5 Å². The molecule has 0 spiro atoms. The smallest absolute Gasteiger partial charge is 0.282 e. The minimum atomic E-state index is -0.346. The molecule has 0 fully saturated rings. The van der Waals surface area contributed by atoms with Crippen molar-refractivity contribution in [2.24, 2.45) is 0 Å². The quantitative estimate of drug-likeness (QED) is 0.578. The summed E-state index contributed by atoms with van der Waals surface area (Å²) in [5.41, 5.74) is 5.83. The summed E-state index contributed by atoms with van der Waals surface area (Å²) in [6.45, 7) is 4.14. The van der Waals surface area contributed by atoms with Crippen molar-refractivity contribution < 1.29 is 14.4 Å². The second kappa shape index (κ2) is 8.63. The molecule has 34 heavy (non-hydrogen) atoms. The molecule has 0 atom stereocenters. The molecule has 2 aliphatic rings. The molecule has 3 aromatic carbocycles. The molecule has 0 radical (unpaired) electrons. The fourth-order valence-electron chi connectivity index (χ4n) is 4.64. The van der Waals surface area contributed by atoms with Crippen LogP contribution in [0.3, 0.4) is 0 Å². The van der Waals surface area contributed by atoms with E-state index in [2.05, 4.69) is 18.3 Å². The fourth-order valence-corrected chi connectivity index (χ4v) is 4.64. The van der Waals surface area contributed by atoms with Crippen LogP contribution in [0.5, 0.6) is 0 Å². The predicted molar refractivity (Wildman–Crippen MR) is 133 cm³/mol. The van der Waals surface area contributed by atoms with Crippen molar-refractivity contribution in [1.82, 2.24) is 0 Å². The van der Waals surface area contributed by atoms with Crippen molar-refractivity contribution >= 4 is 40.4 Å². The first-order chi connectivity index (χ1) is 16.5. The maximum atomic E-state index is 13.8. The number of hydrogen-bond acceptors (Lipinski definition) is 4. The number of aryl methyl sites for hydroxylation is 1. The number of carbonyl (C=O) groups is 3. The van der Waals surface area contributed by atoms with Crippen LogP contribution in [-0.2, 0) is 27.2 Å². The molecule has 0 aromatic heterocycles. The van der Waals surface area contributed by atoms with E-state index in [0.717, 1.165) is 29.7 Å². The van der Waals surface area contributed by atoms with Crippen LogP contribution < -0.4 is 15.1 Å². The highest BCUT2D eigenvalue weighted by Gasteiger charge is 2.44. The van der Waals surface area contributed by atoms with Crippen molar-refractivity contribution in [3.05, 3.63) is 95.2 Å². The molecule has 2 aliphatic heterocycles. The second-order valence-corrected chi connectivity index (χ2v) is 8.48. The van der Waals surface area contributed by atoms with Crippen molar-refractivity contribution in [1.29, 1.82) is 0 Å². The lowest BCUT2D eigenvalue weighted by Crippen LogP contribution is -2.34. The third kappa shape index (κ3) is 3.67. The van der Waals surface area contributed by atoms with Gasteiger partial charge >= 0.3 is 0 Å². The highest BCUT2D eigenvalue weighted by atomic mass is 16.2. The Morgan fingerprint density at radius 3 is 2.29 bits per heavy atom. The van der Waals surface area contributed by atoms with Gasteiger partial charge in [0.05, 0.1) is 11.3 Å². The van der Waals surface area contributed by atoms with Crippen molar-refractivity contribution in [2.75, 3.05) is 21.7 Å². The third-order valence-corrected chi connectivity index (χ3v) is 6.31. The number of anilines is 3. The van der Waals surface area contributed by atoms with Gasteiger partial charge in [-0.15, -0.1) is 0 Å². The van der Waals surface area contributed by atoms with Gasteiger partial charge in [-0.3, -0.25) is 14.4 Å². The van der Waals surface area contributed by atoms with Crippen molar-refractivity contribution in [2.45, 2.75) is 26.7 Å². The molecule has 6 heteroatoms. The Bertz CT molecular complexity index is 1320. The van der Waals surface area contributed by atoms with Crippen LogP contribution in [0.4, 0.5) is 17.1 Å². The first-order valence-electron chi connectivity index (χ1n) is 11.4. The Kier molecular flexibility index (Phi) is 5.49. The summed E-state index contributed by atoms with van der Waals surface area (Å²) in [7, 11) is 0. The average Bonchev–Trinajstić information content (AvgIpc) is 3.37. The lowest BCUT2D eigenvalue weighted by molar-refractivity contribution is -0.120. The summed E-state index contributed by atoms with van der Waals surface area (Å²) in [5.74, 6) is -0.844. The molecule has 3 aromatic rings. The molecule has 0 saturated carbocycles. The van der Waals surface area contributed by atoms with E-state index in [1.165, 1.54) is 11.8 Å². The largest absolute Gasteiger partial charge is 0.336 e. The minimum Gasteiger partial charge on any atom is -0.336 e. The first kappa shape index (κ1) is 21.6. The zero-order valence-corrected chi connectivity index (χ0v) is 19.2. The molecule has 6 nitrogen and oxygen atoms in total. The maximum Gasteiger partial charge on any atom is 0.282 e.